The zero-order chi connectivity index (χ0) is 18.3. The molecule has 0 saturated heterocycles. The molecule has 5 heteroatoms. The first kappa shape index (κ1) is 18.5. The molecule has 5 nitrogen and oxygen atoms in total. The fourth-order valence-electron chi connectivity index (χ4n) is 2.50. The van der Waals surface area contributed by atoms with Crippen molar-refractivity contribution < 1.29 is 19.4 Å². The van der Waals surface area contributed by atoms with Gasteiger partial charge in [-0.1, -0.05) is 56.3 Å². The van der Waals surface area contributed by atoms with Crippen molar-refractivity contribution in [3.05, 3.63) is 65.7 Å². The molecule has 0 aliphatic carbocycles. The normalized spacial score (nSPS) is 11.0. The van der Waals surface area contributed by atoms with E-state index < -0.39 is 11.4 Å². The van der Waals surface area contributed by atoms with Gasteiger partial charge in [0.1, 0.15) is 5.75 Å². The van der Waals surface area contributed by atoms with Crippen LogP contribution in [0.5, 0.6) is 5.75 Å². The average Bonchev–Trinajstić information content (AvgIpc) is 2.58. The minimum Gasteiger partial charge on any atom is -0.482 e. The third kappa shape index (κ3) is 5.95. The van der Waals surface area contributed by atoms with Crippen LogP contribution in [0.4, 0.5) is 0 Å². The van der Waals surface area contributed by atoms with Crippen LogP contribution in [0, 0.1) is 5.41 Å². The Morgan fingerprint density at radius 3 is 2.40 bits per heavy atom. The van der Waals surface area contributed by atoms with E-state index in [9.17, 15) is 9.59 Å². The molecular weight excluding hydrogens is 318 g/mol. The second kappa shape index (κ2) is 8.33. The van der Waals surface area contributed by atoms with Gasteiger partial charge in [0, 0.05) is 12.0 Å². The summed E-state index contributed by atoms with van der Waals surface area (Å²) in [5.74, 6) is -0.590. The van der Waals surface area contributed by atoms with Gasteiger partial charge >= 0.3 is 5.97 Å². The van der Waals surface area contributed by atoms with Crippen LogP contribution in [0.25, 0.3) is 0 Å². The number of rotatable bonds is 8. The second-order valence-corrected chi connectivity index (χ2v) is 6.56. The molecule has 25 heavy (non-hydrogen) atoms. The Labute approximate surface area is 147 Å². The highest BCUT2D eigenvalue weighted by molar-refractivity contribution is 5.82. The molecule has 0 radical (unpaired) electrons. The van der Waals surface area contributed by atoms with Crippen LogP contribution in [0.1, 0.15) is 25.0 Å². The minimum atomic E-state index is -1.03. The SMILES string of the molecule is CC(C)(Cc1ccccc1)C(=O)NCc1cccc(OCC(=O)O)c1. The highest BCUT2D eigenvalue weighted by atomic mass is 16.5. The summed E-state index contributed by atoms with van der Waals surface area (Å²) in [6.07, 6.45) is 0.654. The highest BCUT2D eigenvalue weighted by Crippen LogP contribution is 2.22. The van der Waals surface area contributed by atoms with Gasteiger partial charge < -0.3 is 15.2 Å². The monoisotopic (exact) mass is 341 g/mol. The molecule has 2 aromatic carbocycles. The molecule has 0 bridgehead atoms. The van der Waals surface area contributed by atoms with E-state index in [0.717, 1.165) is 11.1 Å². The number of carbonyl (C=O) groups excluding carboxylic acids is 1. The summed E-state index contributed by atoms with van der Waals surface area (Å²) in [5.41, 5.74) is 1.44. The predicted octanol–water partition coefficient (Wildman–Crippen LogP) is 3.04. The molecular formula is C20H23NO4. The van der Waals surface area contributed by atoms with Gasteiger partial charge in [0.25, 0.3) is 0 Å². The number of carbonyl (C=O) groups is 2. The molecule has 0 fully saturated rings. The van der Waals surface area contributed by atoms with Gasteiger partial charge in [-0.2, -0.15) is 0 Å². The van der Waals surface area contributed by atoms with Crippen molar-refractivity contribution in [1.29, 1.82) is 0 Å². The first-order valence-corrected chi connectivity index (χ1v) is 8.12. The topological polar surface area (TPSA) is 75.6 Å². The molecule has 2 aromatic rings. The van der Waals surface area contributed by atoms with E-state index in [1.165, 1.54) is 0 Å². The van der Waals surface area contributed by atoms with Crippen LogP contribution in [0.15, 0.2) is 54.6 Å². The Balaban J connectivity index is 1.92. The second-order valence-electron chi connectivity index (χ2n) is 6.56. The van der Waals surface area contributed by atoms with Crippen LogP contribution in [-0.2, 0) is 22.6 Å². The van der Waals surface area contributed by atoms with Gasteiger partial charge in [-0.3, -0.25) is 4.79 Å². The van der Waals surface area contributed by atoms with Crippen molar-refractivity contribution >= 4 is 11.9 Å². The highest BCUT2D eigenvalue weighted by Gasteiger charge is 2.27. The van der Waals surface area contributed by atoms with Crippen molar-refractivity contribution in [2.45, 2.75) is 26.8 Å². The quantitative estimate of drug-likeness (QED) is 0.774. The lowest BCUT2D eigenvalue weighted by Gasteiger charge is -2.24. The van der Waals surface area contributed by atoms with E-state index >= 15 is 0 Å². The summed E-state index contributed by atoms with van der Waals surface area (Å²) in [6.45, 7) is 3.81. The fraction of sp³-hybridized carbons (Fsp3) is 0.300. The van der Waals surface area contributed by atoms with Gasteiger partial charge in [-0.25, -0.2) is 4.79 Å². The lowest BCUT2D eigenvalue weighted by Crippen LogP contribution is -2.38. The Morgan fingerprint density at radius 1 is 1.04 bits per heavy atom. The summed E-state index contributed by atoms with van der Waals surface area (Å²) in [4.78, 5) is 23.1. The molecule has 0 saturated carbocycles. The summed E-state index contributed by atoms with van der Waals surface area (Å²) >= 11 is 0. The van der Waals surface area contributed by atoms with E-state index in [2.05, 4.69) is 5.32 Å². The van der Waals surface area contributed by atoms with E-state index in [1.54, 1.807) is 18.2 Å². The summed E-state index contributed by atoms with van der Waals surface area (Å²) in [5, 5.41) is 11.6. The fourth-order valence-corrected chi connectivity index (χ4v) is 2.50. The number of aliphatic carboxylic acids is 1. The predicted molar refractivity (Wildman–Crippen MR) is 95.3 cm³/mol. The first-order valence-electron chi connectivity index (χ1n) is 8.12. The summed E-state index contributed by atoms with van der Waals surface area (Å²) in [6, 6.07) is 17.0. The first-order chi connectivity index (χ1) is 11.9. The Hall–Kier alpha value is -2.82. The zero-order valence-corrected chi connectivity index (χ0v) is 14.5. The zero-order valence-electron chi connectivity index (χ0n) is 14.5. The molecule has 2 rings (SSSR count). The van der Waals surface area contributed by atoms with Crippen LogP contribution < -0.4 is 10.1 Å². The van der Waals surface area contributed by atoms with Gasteiger partial charge in [0.2, 0.25) is 5.91 Å². The van der Waals surface area contributed by atoms with Crippen molar-refractivity contribution in [3.8, 4) is 5.75 Å². The number of carboxylic acids is 1. The Bertz CT molecular complexity index is 725. The van der Waals surface area contributed by atoms with Crippen LogP contribution in [0.3, 0.4) is 0 Å². The van der Waals surface area contributed by atoms with Gasteiger partial charge in [0.15, 0.2) is 6.61 Å². The molecule has 0 unspecified atom stereocenters. The standard InChI is InChI=1S/C20H23NO4/c1-20(2,12-15-7-4-3-5-8-15)19(24)21-13-16-9-6-10-17(11-16)25-14-18(22)23/h3-11H,12-14H2,1-2H3,(H,21,24)(H,22,23). The van der Waals surface area contributed by atoms with E-state index in [1.807, 2.05) is 50.2 Å². The number of hydrogen-bond donors (Lipinski definition) is 2. The van der Waals surface area contributed by atoms with Crippen LogP contribution in [-0.4, -0.2) is 23.6 Å². The maximum atomic E-state index is 12.5. The molecule has 0 heterocycles. The van der Waals surface area contributed by atoms with Gasteiger partial charge in [0.05, 0.1) is 0 Å². The summed E-state index contributed by atoms with van der Waals surface area (Å²) in [7, 11) is 0. The third-order valence-electron chi connectivity index (χ3n) is 3.82. The van der Waals surface area contributed by atoms with Gasteiger partial charge in [-0.05, 0) is 29.7 Å². The smallest absolute Gasteiger partial charge is 0.341 e. The number of amides is 1. The maximum Gasteiger partial charge on any atom is 0.341 e. The van der Waals surface area contributed by atoms with E-state index in [-0.39, 0.29) is 12.5 Å². The molecule has 132 valence electrons. The molecule has 0 aromatic heterocycles. The third-order valence-corrected chi connectivity index (χ3v) is 3.82. The van der Waals surface area contributed by atoms with Crippen molar-refractivity contribution in [3.63, 3.8) is 0 Å². The largest absolute Gasteiger partial charge is 0.482 e. The van der Waals surface area contributed by atoms with E-state index in [0.29, 0.717) is 18.7 Å². The van der Waals surface area contributed by atoms with Crippen LogP contribution in [0.2, 0.25) is 0 Å². The van der Waals surface area contributed by atoms with Crippen molar-refractivity contribution in [2.75, 3.05) is 6.61 Å². The maximum absolute atomic E-state index is 12.5. The van der Waals surface area contributed by atoms with Crippen molar-refractivity contribution in [2.24, 2.45) is 5.41 Å². The van der Waals surface area contributed by atoms with Crippen molar-refractivity contribution in [1.82, 2.24) is 5.32 Å². The van der Waals surface area contributed by atoms with Crippen LogP contribution >= 0.6 is 0 Å². The molecule has 0 aliphatic heterocycles. The lowest BCUT2D eigenvalue weighted by atomic mass is 9.85. The number of benzene rings is 2. The Kier molecular flexibility index (Phi) is 6.17. The number of nitrogens with one attached hydrogen (secondary N) is 1. The number of hydrogen-bond acceptors (Lipinski definition) is 3. The molecule has 0 atom stereocenters. The summed E-state index contributed by atoms with van der Waals surface area (Å²) < 4.78 is 5.15. The van der Waals surface area contributed by atoms with E-state index in [4.69, 9.17) is 9.84 Å². The number of ether oxygens (including phenoxy) is 1. The average molecular weight is 341 g/mol. The lowest BCUT2D eigenvalue weighted by molar-refractivity contribution is -0.139. The molecule has 2 N–H and O–H groups in total. The number of carboxylic acid groups (broad SMARTS) is 1. The Morgan fingerprint density at radius 2 is 1.72 bits per heavy atom. The molecule has 0 spiro atoms. The molecule has 1 amide bonds. The minimum absolute atomic E-state index is 0.0341. The van der Waals surface area contributed by atoms with Gasteiger partial charge in [-0.15, -0.1) is 0 Å². The molecule has 0 aliphatic rings.